The van der Waals surface area contributed by atoms with Crippen molar-refractivity contribution in [1.29, 1.82) is 0 Å². The minimum absolute atomic E-state index is 0.112. The van der Waals surface area contributed by atoms with Crippen LogP contribution in [0.15, 0.2) is 48.7 Å². The molecule has 0 radical (unpaired) electrons. The van der Waals surface area contributed by atoms with Gasteiger partial charge < -0.3 is 10.3 Å². The predicted molar refractivity (Wildman–Crippen MR) is 116 cm³/mol. The maximum Gasteiger partial charge on any atom is 0.224 e. The Bertz CT molecular complexity index is 1240. The number of hydrogen-bond donors (Lipinski definition) is 2. The number of amides is 1. The molecule has 0 saturated heterocycles. The molecule has 0 aliphatic carbocycles. The number of aromatic amines is 1. The molecule has 5 nitrogen and oxygen atoms in total. The number of aromatic nitrogens is 3. The first-order valence-electron chi connectivity index (χ1n) is 10.0. The number of carbonyl (C=O) groups excluding carboxylic acids is 1. The number of H-pyrrole nitrogens is 1. The minimum atomic E-state index is -0.310. The van der Waals surface area contributed by atoms with Crippen LogP contribution in [-0.2, 0) is 11.2 Å². The van der Waals surface area contributed by atoms with E-state index in [1.807, 2.05) is 62.7 Å². The van der Waals surface area contributed by atoms with Crippen LogP contribution in [0, 0.1) is 26.6 Å². The summed E-state index contributed by atoms with van der Waals surface area (Å²) in [7, 11) is 0. The van der Waals surface area contributed by atoms with Gasteiger partial charge in [-0.25, -0.2) is 9.07 Å². The average molecular weight is 404 g/mol. The highest BCUT2D eigenvalue weighted by molar-refractivity contribution is 5.90. The minimum Gasteiger partial charge on any atom is -0.356 e. The lowest BCUT2D eigenvalue weighted by molar-refractivity contribution is -0.121. The first kappa shape index (κ1) is 19.9. The third-order valence-electron chi connectivity index (χ3n) is 5.68. The van der Waals surface area contributed by atoms with E-state index in [0.717, 1.165) is 39.2 Å². The number of carbonyl (C=O) groups is 1. The highest BCUT2D eigenvalue weighted by Gasteiger charge is 2.19. The maximum absolute atomic E-state index is 14.0. The van der Waals surface area contributed by atoms with Crippen LogP contribution >= 0.6 is 0 Å². The van der Waals surface area contributed by atoms with Gasteiger partial charge in [-0.05, 0) is 51.0 Å². The van der Waals surface area contributed by atoms with Crippen molar-refractivity contribution in [1.82, 2.24) is 20.1 Å². The molecular weight excluding hydrogens is 379 g/mol. The zero-order valence-electron chi connectivity index (χ0n) is 17.6. The number of nitrogens with zero attached hydrogens (tertiary/aromatic N) is 2. The Balaban J connectivity index is 1.53. The van der Waals surface area contributed by atoms with Crippen LogP contribution in [0.2, 0.25) is 0 Å². The molecule has 2 heterocycles. The fourth-order valence-electron chi connectivity index (χ4n) is 4.02. The van der Waals surface area contributed by atoms with Gasteiger partial charge >= 0.3 is 0 Å². The Kier molecular flexibility index (Phi) is 5.16. The fourth-order valence-corrected chi connectivity index (χ4v) is 4.02. The van der Waals surface area contributed by atoms with E-state index in [2.05, 4.69) is 15.4 Å². The van der Waals surface area contributed by atoms with Gasteiger partial charge in [0.2, 0.25) is 5.91 Å². The average Bonchev–Trinajstić information content (AvgIpc) is 3.24. The lowest BCUT2D eigenvalue weighted by atomic mass is 10.1. The van der Waals surface area contributed by atoms with Gasteiger partial charge in [0.05, 0.1) is 29.9 Å². The predicted octanol–water partition coefficient (Wildman–Crippen LogP) is 4.84. The molecule has 4 aromatic rings. The summed E-state index contributed by atoms with van der Waals surface area (Å²) in [4.78, 5) is 15.8. The molecule has 154 valence electrons. The Morgan fingerprint density at radius 1 is 1.17 bits per heavy atom. The number of rotatable bonds is 5. The third kappa shape index (κ3) is 3.49. The summed E-state index contributed by atoms with van der Waals surface area (Å²) in [5.41, 5.74) is 6.19. The van der Waals surface area contributed by atoms with Crippen LogP contribution < -0.4 is 5.32 Å². The van der Waals surface area contributed by atoms with E-state index >= 15 is 0 Å². The number of aryl methyl sites for hydroxylation is 2. The van der Waals surface area contributed by atoms with Crippen LogP contribution in [0.5, 0.6) is 0 Å². The molecule has 0 bridgehead atoms. The van der Waals surface area contributed by atoms with Crippen molar-refractivity contribution in [2.75, 3.05) is 0 Å². The van der Waals surface area contributed by atoms with Crippen molar-refractivity contribution in [3.8, 4) is 5.69 Å². The second kappa shape index (κ2) is 7.78. The zero-order valence-corrected chi connectivity index (χ0v) is 17.6. The van der Waals surface area contributed by atoms with E-state index in [1.54, 1.807) is 12.3 Å². The molecular formula is C24H25FN4O. The number of benzene rings is 2. The van der Waals surface area contributed by atoms with Crippen molar-refractivity contribution in [3.63, 3.8) is 0 Å². The second-order valence-corrected chi connectivity index (χ2v) is 7.74. The van der Waals surface area contributed by atoms with E-state index in [0.29, 0.717) is 5.52 Å². The van der Waals surface area contributed by atoms with E-state index in [4.69, 9.17) is 0 Å². The second-order valence-electron chi connectivity index (χ2n) is 7.74. The lowest BCUT2D eigenvalue weighted by Crippen LogP contribution is -2.28. The molecule has 30 heavy (non-hydrogen) atoms. The van der Waals surface area contributed by atoms with Crippen molar-refractivity contribution in [2.24, 2.45) is 0 Å². The summed E-state index contributed by atoms with van der Waals surface area (Å²) >= 11 is 0. The molecule has 4 rings (SSSR count). The molecule has 2 aromatic heterocycles. The molecule has 6 heteroatoms. The molecule has 0 saturated carbocycles. The molecule has 0 spiro atoms. The van der Waals surface area contributed by atoms with Gasteiger partial charge in [-0.3, -0.25) is 4.79 Å². The number of hydrogen-bond acceptors (Lipinski definition) is 2. The first-order chi connectivity index (χ1) is 14.4. The third-order valence-corrected chi connectivity index (χ3v) is 5.68. The standard InChI is InChI=1S/C24H25FN4O/c1-14-8-5-6-11-22(14)29-17(4)20(13-26-29)16(3)27-23(30)12-19-15(2)28-24-18(19)9-7-10-21(24)25/h5-11,13,16,28H,12H2,1-4H3,(H,27,30)/t16-/m0/s1. The summed E-state index contributed by atoms with van der Waals surface area (Å²) in [6.45, 7) is 7.87. The topological polar surface area (TPSA) is 62.7 Å². The van der Waals surface area contributed by atoms with Crippen LogP contribution in [0.3, 0.4) is 0 Å². The van der Waals surface area contributed by atoms with Crippen LogP contribution in [0.1, 0.15) is 41.0 Å². The highest BCUT2D eigenvalue weighted by atomic mass is 19.1. The summed E-state index contributed by atoms with van der Waals surface area (Å²) in [6, 6.07) is 12.8. The van der Waals surface area contributed by atoms with Gasteiger partial charge in [-0.1, -0.05) is 30.3 Å². The zero-order chi connectivity index (χ0) is 21.4. The molecule has 0 aliphatic rings. The smallest absolute Gasteiger partial charge is 0.224 e. The number of fused-ring (bicyclic) bond motifs is 1. The fraction of sp³-hybridized carbons (Fsp3) is 0.250. The first-order valence-corrected chi connectivity index (χ1v) is 10.0. The maximum atomic E-state index is 14.0. The van der Waals surface area contributed by atoms with Gasteiger partial charge in [0, 0.05) is 22.3 Å². The number of para-hydroxylation sites is 2. The van der Waals surface area contributed by atoms with Crippen LogP contribution in [-0.4, -0.2) is 20.7 Å². The normalized spacial score (nSPS) is 12.3. The van der Waals surface area contributed by atoms with E-state index in [1.165, 1.54) is 6.07 Å². The summed E-state index contributed by atoms with van der Waals surface area (Å²) in [5, 5.41) is 8.34. The lowest BCUT2D eigenvalue weighted by Gasteiger charge is -2.15. The molecule has 1 amide bonds. The Hall–Kier alpha value is -3.41. The Morgan fingerprint density at radius 3 is 2.70 bits per heavy atom. The SMILES string of the molecule is Cc1ccccc1-n1ncc([C@H](C)NC(=O)Cc2c(C)[nH]c3c(F)cccc23)c1C. The summed E-state index contributed by atoms with van der Waals surface area (Å²) < 4.78 is 15.9. The van der Waals surface area contributed by atoms with Crippen LogP contribution in [0.25, 0.3) is 16.6 Å². The van der Waals surface area contributed by atoms with Gasteiger partial charge in [-0.2, -0.15) is 5.10 Å². The summed E-state index contributed by atoms with van der Waals surface area (Å²) in [5.74, 6) is -0.423. The highest BCUT2D eigenvalue weighted by Crippen LogP contribution is 2.26. The molecule has 0 fully saturated rings. The molecule has 0 aliphatic heterocycles. The van der Waals surface area contributed by atoms with Gasteiger partial charge in [0.25, 0.3) is 0 Å². The molecule has 2 N–H and O–H groups in total. The molecule has 1 atom stereocenters. The number of nitrogens with one attached hydrogen (secondary N) is 2. The van der Waals surface area contributed by atoms with Crippen molar-refractivity contribution in [3.05, 3.63) is 82.6 Å². The Morgan fingerprint density at radius 2 is 1.93 bits per heavy atom. The quantitative estimate of drug-likeness (QED) is 0.500. The number of halogens is 1. The largest absolute Gasteiger partial charge is 0.356 e. The van der Waals surface area contributed by atoms with Crippen molar-refractivity contribution in [2.45, 2.75) is 40.2 Å². The van der Waals surface area contributed by atoms with Gasteiger partial charge in [0.1, 0.15) is 5.82 Å². The van der Waals surface area contributed by atoms with Crippen molar-refractivity contribution >= 4 is 16.8 Å². The van der Waals surface area contributed by atoms with E-state index in [9.17, 15) is 9.18 Å². The monoisotopic (exact) mass is 404 g/mol. The summed E-state index contributed by atoms with van der Waals surface area (Å²) in [6.07, 6.45) is 1.99. The molecule has 0 unspecified atom stereocenters. The Labute approximate surface area is 174 Å². The van der Waals surface area contributed by atoms with E-state index < -0.39 is 0 Å². The van der Waals surface area contributed by atoms with Gasteiger partial charge in [0.15, 0.2) is 0 Å². The van der Waals surface area contributed by atoms with Crippen molar-refractivity contribution < 1.29 is 9.18 Å². The molecule has 2 aromatic carbocycles. The van der Waals surface area contributed by atoms with Crippen LogP contribution in [0.4, 0.5) is 4.39 Å². The van der Waals surface area contributed by atoms with Gasteiger partial charge in [-0.15, -0.1) is 0 Å². The van der Waals surface area contributed by atoms with E-state index in [-0.39, 0.29) is 24.2 Å².